The number of ketones is 1. The Bertz CT molecular complexity index is 562. The van der Waals surface area contributed by atoms with Crippen LogP contribution in [0.1, 0.15) is 39.5 Å². The number of rotatable bonds is 3. The molecule has 0 radical (unpaired) electrons. The van der Waals surface area contributed by atoms with Gasteiger partial charge in [-0.3, -0.25) is 4.79 Å². The molecule has 18 heavy (non-hydrogen) atoms. The van der Waals surface area contributed by atoms with Gasteiger partial charge in [0.2, 0.25) is 0 Å². The van der Waals surface area contributed by atoms with Crippen LogP contribution in [0.25, 0.3) is 0 Å². The average molecular weight is 238 g/mol. The molecule has 1 nitrogen and oxygen atoms in total. The summed E-state index contributed by atoms with van der Waals surface area (Å²) in [5, 5.41) is 0. The molecule has 0 aliphatic rings. The van der Waals surface area contributed by atoms with E-state index >= 15 is 0 Å². The molecule has 0 aromatic heterocycles. The SMILES string of the molecule is CCc1cccc(C(=O)c2c(C)cccc2C)c1. The van der Waals surface area contributed by atoms with E-state index in [9.17, 15) is 4.79 Å². The van der Waals surface area contributed by atoms with Gasteiger partial charge in [-0.05, 0) is 43.0 Å². The maximum atomic E-state index is 12.6. The lowest BCUT2D eigenvalue weighted by Gasteiger charge is -2.09. The van der Waals surface area contributed by atoms with E-state index in [1.807, 2.05) is 50.2 Å². The number of aryl methyl sites for hydroxylation is 3. The lowest BCUT2D eigenvalue weighted by Crippen LogP contribution is -2.06. The molecule has 0 saturated heterocycles. The van der Waals surface area contributed by atoms with Gasteiger partial charge in [-0.1, -0.05) is 43.3 Å². The first-order valence-corrected chi connectivity index (χ1v) is 6.33. The summed E-state index contributed by atoms with van der Waals surface area (Å²) < 4.78 is 0. The van der Waals surface area contributed by atoms with Gasteiger partial charge in [0.1, 0.15) is 0 Å². The van der Waals surface area contributed by atoms with Gasteiger partial charge in [-0.15, -0.1) is 0 Å². The highest BCUT2D eigenvalue weighted by atomic mass is 16.1. The minimum atomic E-state index is 0.126. The minimum Gasteiger partial charge on any atom is -0.289 e. The molecule has 0 unspecified atom stereocenters. The molecule has 0 N–H and O–H groups in total. The largest absolute Gasteiger partial charge is 0.289 e. The van der Waals surface area contributed by atoms with E-state index in [1.54, 1.807) is 0 Å². The van der Waals surface area contributed by atoms with Crippen molar-refractivity contribution in [2.24, 2.45) is 0 Å². The van der Waals surface area contributed by atoms with Crippen molar-refractivity contribution in [3.05, 3.63) is 70.3 Å². The van der Waals surface area contributed by atoms with Crippen LogP contribution in [-0.4, -0.2) is 5.78 Å². The zero-order chi connectivity index (χ0) is 13.1. The number of benzene rings is 2. The Balaban J connectivity index is 2.48. The van der Waals surface area contributed by atoms with Crippen molar-refractivity contribution in [3.63, 3.8) is 0 Å². The van der Waals surface area contributed by atoms with E-state index in [0.717, 1.165) is 28.7 Å². The van der Waals surface area contributed by atoms with Crippen LogP contribution in [0.15, 0.2) is 42.5 Å². The molecule has 0 amide bonds. The zero-order valence-electron chi connectivity index (χ0n) is 11.2. The van der Waals surface area contributed by atoms with Gasteiger partial charge in [-0.2, -0.15) is 0 Å². The molecule has 0 aliphatic carbocycles. The highest BCUT2D eigenvalue weighted by molar-refractivity contribution is 6.10. The summed E-state index contributed by atoms with van der Waals surface area (Å²) in [6.45, 7) is 6.08. The van der Waals surface area contributed by atoms with Crippen LogP contribution >= 0.6 is 0 Å². The fraction of sp³-hybridized carbons (Fsp3) is 0.235. The van der Waals surface area contributed by atoms with Crippen LogP contribution in [-0.2, 0) is 6.42 Å². The second-order valence-corrected chi connectivity index (χ2v) is 4.65. The fourth-order valence-corrected chi connectivity index (χ4v) is 2.25. The second-order valence-electron chi connectivity index (χ2n) is 4.65. The van der Waals surface area contributed by atoms with E-state index in [4.69, 9.17) is 0 Å². The van der Waals surface area contributed by atoms with Gasteiger partial charge in [0.15, 0.2) is 5.78 Å². The van der Waals surface area contributed by atoms with Crippen molar-refractivity contribution in [3.8, 4) is 0 Å². The van der Waals surface area contributed by atoms with Crippen LogP contribution < -0.4 is 0 Å². The molecule has 0 saturated carbocycles. The van der Waals surface area contributed by atoms with Gasteiger partial charge in [0.25, 0.3) is 0 Å². The molecule has 0 aliphatic heterocycles. The monoisotopic (exact) mass is 238 g/mol. The van der Waals surface area contributed by atoms with Gasteiger partial charge in [0.05, 0.1) is 0 Å². The summed E-state index contributed by atoms with van der Waals surface area (Å²) in [6, 6.07) is 13.9. The average Bonchev–Trinajstić information content (AvgIpc) is 2.38. The highest BCUT2D eigenvalue weighted by Gasteiger charge is 2.14. The fourth-order valence-electron chi connectivity index (χ4n) is 2.25. The van der Waals surface area contributed by atoms with E-state index in [-0.39, 0.29) is 5.78 Å². The van der Waals surface area contributed by atoms with Crippen molar-refractivity contribution in [1.29, 1.82) is 0 Å². The third-order valence-corrected chi connectivity index (χ3v) is 3.31. The van der Waals surface area contributed by atoms with Crippen LogP contribution in [0.3, 0.4) is 0 Å². The first-order chi connectivity index (χ1) is 8.63. The maximum Gasteiger partial charge on any atom is 0.193 e. The minimum absolute atomic E-state index is 0.126. The predicted molar refractivity (Wildman–Crippen MR) is 75.2 cm³/mol. The van der Waals surface area contributed by atoms with Crippen molar-refractivity contribution < 1.29 is 4.79 Å². The first-order valence-electron chi connectivity index (χ1n) is 6.33. The van der Waals surface area contributed by atoms with E-state index < -0.39 is 0 Å². The van der Waals surface area contributed by atoms with Crippen molar-refractivity contribution in [2.45, 2.75) is 27.2 Å². The van der Waals surface area contributed by atoms with E-state index in [0.29, 0.717) is 0 Å². The molecule has 0 heterocycles. The van der Waals surface area contributed by atoms with Crippen LogP contribution in [0.5, 0.6) is 0 Å². The summed E-state index contributed by atoms with van der Waals surface area (Å²) in [6.07, 6.45) is 0.952. The molecule has 0 atom stereocenters. The van der Waals surface area contributed by atoms with Crippen molar-refractivity contribution in [2.75, 3.05) is 0 Å². The number of hydrogen-bond donors (Lipinski definition) is 0. The smallest absolute Gasteiger partial charge is 0.193 e. The third kappa shape index (κ3) is 2.35. The molecule has 0 fully saturated rings. The molecule has 0 bridgehead atoms. The van der Waals surface area contributed by atoms with Gasteiger partial charge in [-0.25, -0.2) is 0 Å². The third-order valence-electron chi connectivity index (χ3n) is 3.31. The second kappa shape index (κ2) is 5.18. The number of hydrogen-bond acceptors (Lipinski definition) is 1. The maximum absolute atomic E-state index is 12.6. The summed E-state index contributed by atoms with van der Waals surface area (Å²) in [5.74, 6) is 0.126. The van der Waals surface area contributed by atoms with Gasteiger partial charge in [0, 0.05) is 11.1 Å². The van der Waals surface area contributed by atoms with Gasteiger partial charge < -0.3 is 0 Å². The van der Waals surface area contributed by atoms with Crippen LogP contribution in [0.2, 0.25) is 0 Å². The molecular formula is C17H18O. The quantitative estimate of drug-likeness (QED) is 0.736. The Labute approximate surface area is 108 Å². The summed E-state index contributed by atoms with van der Waals surface area (Å²) >= 11 is 0. The predicted octanol–water partition coefficient (Wildman–Crippen LogP) is 4.10. The zero-order valence-corrected chi connectivity index (χ0v) is 11.2. The van der Waals surface area contributed by atoms with Crippen LogP contribution in [0, 0.1) is 13.8 Å². The lowest BCUT2D eigenvalue weighted by molar-refractivity contribution is 0.103. The van der Waals surface area contributed by atoms with Crippen LogP contribution in [0.4, 0.5) is 0 Å². The molecule has 1 heteroatoms. The molecule has 2 rings (SSSR count). The molecule has 0 spiro atoms. The summed E-state index contributed by atoms with van der Waals surface area (Å²) in [5.41, 5.74) is 4.91. The Kier molecular flexibility index (Phi) is 3.61. The molecule has 92 valence electrons. The van der Waals surface area contributed by atoms with E-state index in [1.165, 1.54) is 5.56 Å². The van der Waals surface area contributed by atoms with E-state index in [2.05, 4.69) is 13.0 Å². The standard InChI is InChI=1S/C17H18O/c1-4-14-9-6-10-15(11-14)17(18)16-12(2)7-5-8-13(16)3/h5-11H,4H2,1-3H3. The molecular weight excluding hydrogens is 220 g/mol. The Morgan fingerprint density at radius 3 is 2.22 bits per heavy atom. The summed E-state index contributed by atoms with van der Waals surface area (Å²) in [4.78, 5) is 12.6. The lowest BCUT2D eigenvalue weighted by atomic mass is 9.94. The summed E-state index contributed by atoms with van der Waals surface area (Å²) in [7, 11) is 0. The number of carbonyl (C=O) groups excluding carboxylic acids is 1. The Morgan fingerprint density at radius 2 is 1.61 bits per heavy atom. The highest BCUT2D eigenvalue weighted by Crippen LogP contribution is 2.19. The topological polar surface area (TPSA) is 17.1 Å². The van der Waals surface area contributed by atoms with Crippen molar-refractivity contribution in [1.82, 2.24) is 0 Å². The van der Waals surface area contributed by atoms with Gasteiger partial charge >= 0.3 is 0 Å². The Morgan fingerprint density at radius 1 is 1.00 bits per heavy atom. The van der Waals surface area contributed by atoms with Crippen molar-refractivity contribution >= 4 is 5.78 Å². The Hall–Kier alpha value is -1.89. The molecule has 2 aromatic rings. The first kappa shape index (κ1) is 12.6. The normalized spacial score (nSPS) is 10.4. The number of carbonyl (C=O) groups is 1. The molecule has 2 aromatic carbocycles.